The van der Waals surface area contributed by atoms with Crippen LogP contribution >= 0.6 is 11.6 Å². The first-order valence-corrected chi connectivity index (χ1v) is 10.9. The lowest BCUT2D eigenvalue weighted by atomic mass is 10.1. The minimum atomic E-state index is -3.94. The Morgan fingerprint density at radius 2 is 1.15 bits per heavy atom. The molecule has 0 aromatic heterocycles. The van der Waals surface area contributed by atoms with Crippen molar-refractivity contribution in [1.82, 2.24) is 0 Å². The third-order valence-corrected chi connectivity index (χ3v) is 6.38. The van der Waals surface area contributed by atoms with Crippen molar-refractivity contribution < 1.29 is 16.8 Å². The van der Waals surface area contributed by atoms with Gasteiger partial charge in [-0.3, -0.25) is 0 Å². The number of rotatable bonds is 4. The van der Waals surface area contributed by atoms with Crippen LogP contribution in [-0.2, 0) is 20.0 Å². The Hall–Kier alpha value is -2.55. The number of allylic oxidation sites excluding steroid dienone is 4. The molecule has 0 amide bonds. The molecule has 0 saturated heterocycles. The second kappa shape index (κ2) is 7.59. The highest BCUT2D eigenvalue weighted by atomic mass is 35.5. The van der Waals surface area contributed by atoms with Crippen molar-refractivity contribution in [2.45, 2.75) is 9.79 Å². The molecule has 0 radical (unpaired) electrons. The molecule has 0 N–H and O–H groups in total. The molecule has 27 heavy (non-hydrogen) atoms. The number of nitrogens with zero attached hydrogens (tertiary/aromatic N) is 2. The normalized spacial score (nSPS) is 17.9. The largest absolute Gasteiger partial charge is 0.282 e. The summed E-state index contributed by atoms with van der Waals surface area (Å²) in [4.78, 5) is 0.0722. The second-order valence-electron chi connectivity index (χ2n) is 5.39. The van der Waals surface area contributed by atoms with Crippen LogP contribution in [0.25, 0.3) is 0 Å². The summed E-state index contributed by atoms with van der Waals surface area (Å²) in [5, 5.41) is -0.0287. The van der Waals surface area contributed by atoms with Crippen molar-refractivity contribution in [2.75, 3.05) is 0 Å². The van der Waals surface area contributed by atoms with E-state index in [1.54, 1.807) is 36.4 Å². The molecule has 0 spiro atoms. The molecule has 0 fully saturated rings. The van der Waals surface area contributed by atoms with Crippen molar-refractivity contribution >= 4 is 43.1 Å². The van der Waals surface area contributed by atoms with Gasteiger partial charge in [0.25, 0.3) is 20.0 Å². The van der Waals surface area contributed by atoms with Gasteiger partial charge in [0.15, 0.2) is 0 Å². The minimum Gasteiger partial charge on any atom is -0.199 e. The number of benzene rings is 2. The SMILES string of the molecule is O=S(=O)(/N=C1C=C/C(=N\S(=O)(=O)c2ccccc2)C(Cl)=C/1)c1ccccc1. The highest BCUT2D eigenvalue weighted by Crippen LogP contribution is 2.19. The molecule has 0 heterocycles. The van der Waals surface area contributed by atoms with Crippen LogP contribution < -0.4 is 0 Å². The molecule has 0 bridgehead atoms. The zero-order valence-electron chi connectivity index (χ0n) is 13.7. The molecule has 9 heteroatoms. The van der Waals surface area contributed by atoms with E-state index < -0.39 is 20.0 Å². The second-order valence-corrected chi connectivity index (χ2v) is 9.01. The van der Waals surface area contributed by atoms with Crippen LogP contribution in [0, 0.1) is 0 Å². The maximum atomic E-state index is 12.3. The number of hydrogen-bond donors (Lipinski definition) is 0. The summed E-state index contributed by atoms with van der Waals surface area (Å²) >= 11 is 6.08. The van der Waals surface area contributed by atoms with E-state index in [9.17, 15) is 16.8 Å². The first-order chi connectivity index (χ1) is 12.8. The van der Waals surface area contributed by atoms with Crippen LogP contribution in [-0.4, -0.2) is 28.3 Å². The van der Waals surface area contributed by atoms with Crippen LogP contribution in [0.5, 0.6) is 0 Å². The van der Waals surface area contributed by atoms with E-state index >= 15 is 0 Å². The molecule has 0 saturated carbocycles. The number of sulfonamides is 2. The van der Waals surface area contributed by atoms with E-state index in [1.165, 1.54) is 42.5 Å². The summed E-state index contributed by atoms with van der Waals surface area (Å²) in [7, 11) is -7.84. The van der Waals surface area contributed by atoms with Gasteiger partial charge in [-0.05, 0) is 42.5 Å². The van der Waals surface area contributed by atoms with Crippen LogP contribution in [0.15, 0.2) is 103 Å². The minimum absolute atomic E-state index is 0.00317. The first kappa shape index (κ1) is 19.2. The van der Waals surface area contributed by atoms with E-state index in [-0.39, 0.29) is 26.2 Å². The van der Waals surface area contributed by atoms with Gasteiger partial charge in [0, 0.05) is 0 Å². The van der Waals surface area contributed by atoms with E-state index in [0.717, 1.165) is 0 Å². The van der Waals surface area contributed by atoms with Gasteiger partial charge in [0.2, 0.25) is 0 Å². The fraction of sp³-hybridized carbons (Fsp3) is 0. The highest BCUT2D eigenvalue weighted by Gasteiger charge is 2.18. The molecule has 0 atom stereocenters. The van der Waals surface area contributed by atoms with E-state index in [4.69, 9.17) is 11.6 Å². The Bertz CT molecular complexity index is 1180. The van der Waals surface area contributed by atoms with Crippen molar-refractivity contribution in [3.05, 3.63) is 83.9 Å². The predicted molar refractivity (Wildman–Crippen MR) is 105 cm³/mol. The van der Waals surface area contributed by atoms with E-state index in [0.29, 0.717) is 0 Å². The van der Waals surface area contributed by atoms with Gasteiger partial charge in [0.05, 0.1) is 26.2 Å². The molecule has 0 aliphatic heterocycles. The zero-order chi connectivity index (χ0) is 19.5. The molecular weight excluding hydrogens is 408 g/mol. The zero-order valence-corrected chi connectivity index (χ0v) is 16.1. The van der Waals surface area contributed by atoms with Gasteiger partial charge in [0.1, 0.15) is 0 Å². The highest BCUT2D eigenvalue weighted by molar-refractivity contribution is 7.90. The lowest BCUT2D eigenvalue weighted by molar-refractivity contribution is 0.596. The van der Waals surface area contributed by atoms with Gasteiger partial charge >= 0.3 is 0 Å². The van der Waals surface area contributed by atoms with Gasteiger partial charge in [-0.15, -0.1) is 0 Å². The summed E-state index contributed by atoms with van der Waals surface area (Å²) in [6.45, 7) is 0. The quantitative estimate of drug-likeness (QED) is 0.709. The molecule has 2 aromatic carbocycles. The predicted octanol–water partition coefficient (Wildman–Crippen LogP) is 3.34. The van der Waals surface area contributed by atoms with Crippen LogP contribution in [0.3, 0.4) is 0 Å². The Labute approximate surface area is 162 Å². The van der Waals surface area contributed by atoms with E-state index in [1.807, 2.05) is 0 Å². The Balaban J connectivity index is 1.92. The monoisotopic (exact) mass is 420 g/mol. The molecule has 6 nitrogen and oxygen atoms in total. The Morgan fingerprint density at radius 1 is 0.667 bits per heavy atom. The number of halogens is 1. The lowest BCUT2D eigenvalue weighted by Crippen LogP contribution is -2.10. The lowest BCUT2D eigenvalue weighted by Gasteiger charge is -2.07. The van der Waals surface area contributed by atoms with Crippen molar-refractivity contribution in [3.8, 4) is 0 Å². The fourth-order valence-electron chi connectivity index (χ4n) is 2.19. The van der Waals surface area contributed by atoms with Crippen LogP contribution in [0.4, 0.5) is 0 Å². The summed E-state index contributed by atoms with van der Waals surface area (Å²) < 4.78 is 56.6. The molecule has 3 rings (SSSR count). The standard InChI is InChI=1S/C18H13ClN2O4S2/c19-17-13-14(20-26(22,23)15-7-3-1-4-8-15)11-12-18(17)21-27(24,25)16-9-5-2-6-10-16/h1-13H/b20-14-,21-18+. The topological polar surface area (TPSA) is 93.0 Å². The third-order valence-electron chi connectivity index (χ3n) is 3.46. The Morgan fingerprint density at radius 3 is 1.63 bits per heavy atom. The van der Waals surface area contributed by atoms with Gasteiger partial charge in [-0.1, -0.05) is 48.0 Å². The maximum absolute atomic E-state index is 12.3. The molecular formula is C18H13ClN2O4S2. The van der Waals surface area contributed by atoms with Gasteiger partial charge in [-0.25, -0.2) is 0 Å². The summed E-state index contributed by atoms with van der Waals surface area (Å²) in [6.07, 6.45) is 3.90. The average molecular weight is 421 g/mol. The van der Waals surface area contributed by atoms with E-state index in [2.05, 4.69) is 8.80 Å². The average Bonchev–Trinajstić information content (AvgIpc) is 2.65. The molecule has 0 unspecified atom stereocenters. The van der Waals surface area contributed by atoms with Crippen molar-refractivity contribution in [3.63, 3.8) is 0 Å². The summed E-state index contributed by atoms with van der Waals surface area (Å²) in [6, 6.07) is 15.4. The number of hydrogen-bond acceptors (Lipinski definition) is 4. The molecule has 1 aliphatic carbocycles. The van der Waals surface area contributed by atoms with Crippen LogP contribution in [0.1, 0.15) is 0 Å². The molecule has 2 aromatic rings. The van der Waals surface area contributed by atoms with Gasteiger partial charge in [-0.2, -0.15) is 25.6 Å². The molecule has 138 valence electrons. The van der Waals surface area contributed by atoms with Crippen LogP contribution in [0.2, 0.25) is 0 Å². The fourth-order valence-corrected chi connectivity index (χ4v) is 4.47. The van der Waals surface area contributed by atoms with Crippen molar-refractivity contribution in [1.29, 1.82) is 0 Å². The first-order valence-electron chi connectivity index (χ1n) is 7.64. The molecule has 1 aliphatic rings. The van der Waals surface area contributed by atoms with Crippen molar-refractivity contribution in [2.24, 2.45) is 8.80 Å². The van der Waals surface area contributed by atoms with Gasteiger partial charge < -0.3 is 0 Å². The maximum Gasteiger partial charge on any atom is 0.282 e. The Kier molecular flexibility index (Phi) is 5.41. The smallest absolute Gasteiger partial charge is 0.199 e. The summed E-state index contributed by atoms with van der Waals surface area (Å²) in [5.74, 6) is 0. The summed E-state index contributed by atoms with van der Waals surface area (Å²) in [5.41, 5.74) is 0.0662. The third kappa shape index (κ3) is 4.60.